The molecule has 7 nitrogen and oxygen atoms in total. The van der Waals surface area contributed by atoms with Crippen LogP contribution in [0.5, 0.6) is 5.75 Å². The summed E-state index contributed by atoms with van der Waals surface area (Å²) in [6, 6.07) is 9.60. The number of nitrogens with zero attached hydrogens (tertiary/aromatic N) is 2. The molecule has 0 saturated carbocycles. The molecule has 2 aliphatic heterocycles. The minimum Gasteiger partial charge on any atom is -0.497 e. The Kier molecular flexibility index (Phi) is 5.02. The van der Waals surface area contributed by atoms with Crippen LogP contribution < -0.4 is 9.64 Å². The minimum absolute atomic E-state index is 0.0523. The lowest BCUT2D eigenvalue weighted by atomic mass is 10.1. The molecular weight excluding hydrogens is 366 g/mol. The van der Waals surface area contributed by atoms with E-state index in [4.69, 9.17) is 9.47 Å². The summed E-state index contributed by atoms with van der Waals surface area (Å²) < 4.78 is 10.4. The molecule has 1 unspecified atom stereocenters. The van der Waals surface area contributed by atoms with Gasteiger partial charge in [0.1, 0.15) is 5.75 Å². The summed E-state index contributed by atoms with van der Waals surface area (Å²) in [7, 11) is 1.63. The minimum atomic E-state index is -0.105. The summed E-state index contributed by atoms with van der Waals surface area (Å²) in [5, 5.41) is 0. The number of thiophene rings is 1. The molecule has 0 radical (unpaired) electrons. The van der Waals surface area contributed by atoms with Crippen molar-refractivity contribution in [1.82, 2.24) is 4.90 Å². The first-order chi connectivity index (χ1) is 13.2. The van der Waals surface area contributed by atoms with Crippen molar-refractivity contribution in [1.29, 1.82) is 0 Å². The number of ether oxygens (including phenoxy) is 2. The standard InChI is InChI=1S/C19H19N3O4S/c1-25-14-4-2-13(3-5-14)16-10-15-18(27-16)19(24)22(12-20-15)11-17(23)21-6-8-26-9-7-21/h2-5,10,12H,6-9,11H2,1H3/p+1. The van der Waals surface area contributed by atoms with Crippen molar-refractivity contribution in [2.45, 2.75) is 0 Å². The Morgan fingerprint density at radius 3 is 2.74 bits per heavy atom. The Balaban J connectivity index is 1.50. The number of morpholine rings is 1. The lowest BCUT2D eigenvalue weighted by molar-refractivity contribution is -0.695. The molecule has 1 N–H and O–H groups in total. The maximum atomic E-state index is 12.8. The fraction of sp³-hybridized carbons (Fsp3) is 0.316. The largest absolute Gasteiger partial charge is 0.497 e. The van der Waals surface area contributed by atoms with E-state index in [-0.39, 0.29) is 18.4 Å². The Morgan fingerprint density at radius 1 is 1.30 bits per heavy atom. The predicted octanol–water partition coefficient (Wildman–Crippen LogP) is 0.981. The second kappa shape index (κ2) is 7.59. The highest BCUT2D eigenvalue weighted by atomic mass is 32.1. The molecule has 140 valence electrons. The van der Waals surface area contributed by atoms with Crippen molar-refractivity contribution in [3.05, 3.63) is 35.2 Å². The molecule has 8 heteroatoms. The van der Waals surface area contributed by atoms with Gasteiger partial charge in [-0.3, -0.25) is 4.79 Å². The Hall–Kier alpha value is -2.55. The summed E-state index contributed by atoms with van der Waals surface area (Å²) in [6.07, 6.45) is 1.54. The second-order valence-corrected chi connectivity index (χ2v) is 7.39. The van der Waals surface area contributed by atoms with E-state index in [0.717, 1.165) is 16.2 Å². The molecule has 4 rings (SSSR count). The van der Waals surface area contributed by atoms with Crippen molar-refractivity contribution in [3.63, 3.8) is 0 Å². The summed E-state index contributed by atoms with van der Waals surface area (Å²) in [6.45, 7) is 2.32. The molecule has 1 aromatic heterocycles. The Bertz CT molecular complexity index is 885. The summed E-state index contributed by atoms with van der Waals surface area (Å²) >= 11 is 1.41. The van der Waals surface area contributed by atoms with Crippen LogP contribution in [0.3, 0.4) is 0 Å². The Labute approximate surface area is 160 Å². The van der Waals surface area contributed by atoms with Gasteiger partial charge in [-0.25, -0.2) is 14.7 Å². The highest BCUT2D eigenvalue weighted by molar-refractivity contribution is 7.18. The van der Waals surface area contributed by atoms with Gasteiger partial charge in [-0.2, -0.15) is 0 Å². The monoisotopic (exact) mass is 386 g/mol. The van der Waals surface area contributed by atoms with Gasteiger partial charge in [0.15, 0.2) is 17.8 Å². The molecule has 0 bridgehead atoms. The Morgan fingerprint density at radius 2 is 2.04 bits per heavy atom. The van der Waals surface area contributed by atoms with Crippen LogP contribution in [0.4, 0.5) is 5.69 Å². The molecule has 2 amide bonds. The van der Waals surface area contributed by atoms with Gasteiger partial charge in [-0.15, -0.1) is 11.3 Å². The second-order valence-electron chi connectivity index (χ2n) is 6.34. The van der Waals surface area contributed by atoms with Crippen LogP contribution in [0.2, 0.25) is 0 Å². The number of hydrogen-bond donors (Lipinski definition) is 1. The van der Waals surface area contributed by atoms with Crippen LogP contribution in [-0.2, 0) is 9.53 Å². The van der Waals surface area contributed by atoms with E-state index in [0.29, 0.717) is 41.8 Å². The number of methoxy groups -OCH3 is 1. The van der Waals surface area contributed by atoms with Gasteiger partial charge in [0.2, 0.25) is 0 Å². The molecule has 0 spiro atoms. The zero-order valence-corrected chi connectivity index (χ0v) is 15.8. The number of carbonyl (C=O) groups excluding carboxylic acids is 2. The van der Waals surface area contributed by atoms with Crippen molar-refractivity contribution in [3.8, 4) is 16.2 Å². The number of benzene rings is 1. The van der Waals surface area contributed by atoms with Gasteiger partial charge in [-0.1, -0.05) is 0 Å². The highest BCUT2D eigenvalue weighted by Crippen LogP contribution is 2.37. The number of amides is 2. The summed E-state index contributed by atoms with van der Waals surface area (Å²) in [4.78, 5) is 33.4. The molecule has 2 aromatic rings. The first-order valence-corrected chi connectivity index (χ1v) is 9.56. The van der Waals surface area contributed by atoms with Crippen molar-refractivity contribution >= 4 is 35.2 Å². The fourth-order valence-corrected chi connectivity index (χ4v) is 4.19. The van der Waals surface area contributed by atoms with Crippen LogP contribution in [0.15, 0.2) is 35.3 Å². The highest BCUT2D eigenvalue weighted by Gasteiger charge is 2.33. The van der Waals surface area contributed by atoms with Crippen molar-refractivity contribution < 1.29 is 24.0 Å². The molecule has 3 heterocycles. The third-order valence-electron chi connectivity index (χ3n) is 4.65. The van der Waals surface area contributed by atoms with Crippen molar-refractivity contribution in [2.75, 3.05) is 40.0 Å². The van der Waals surface area contributed by atoms with E-state index < -0.39 is 0 Å². The van der Waals surface area contributed by atoms with E-state index in [1.165, 1.54) is 17.7 Å². The zero-order valence-electron chi connectivity index (χ0n) is 14.9. The number of quaternary nitrogens is 1. The van der Waals surface area contributed by atoms with Gasteiger partial charge in [0.25, 0.3) is 5.91 Å². The zero-order chi connectivity index (χ0) is 18.8. The molecule has 1 fully saturated rings. The molecular formula is C19H20N3O4S+. The summed E-state index contributed by atoms with van der Waals surface area (Å²) in [5.74, 6) is 0.626. The van der Waals surface area contributed by atoms with E-state index in [1.54, 1.807) is 12.0 Å². The van der Waals surface area contributed by atoms with E-state index >= 15 is 0 Å². The molecule has 2 aliphatic rings. The smallest absolute Gasteiger partial charge is 0.362 e. The molecule has 1 aromatic carbocycles. The molecule has 1 saturated heterocycles. The van der Waals surface area contributed by atoms with Gasteiger partial charge in [0, 0.05) is 18.0 Å². The summed E-state index contributed by atoms with van der Waals surface area (Å²) in [5.41, 5.74) is 1.67. The van der Waals surface area contributed by atoms with Gasteiger partial charge in [0.05, 0.1) is 26.0 Å². The number of fused-ring (bicyclic) bond motifs is 1. The number of hydrogen-bond acceptors (Lipinski definition) is 6. The predicted molar refractivity (Wildman–Crippen MR) is 102 cm³/mol. The van der Waals surface area contributed by atoms with E-state index in [2.05, 4.69) is 4.99 Å². The SMILES string of the molecule is COc1ccc(-c2cc3c(s2)C(=O)[NH+](CC(=O)N2CCOCC2)C=N3)cc1. The van der Waals surface area contributed by atoms with E-state index in [1.807, 2.05) is 30.3 Å². The molecule has 27 heavy (non-hydrogen) atoms. The van der Waals surface area contributed by atoms with Gasteiger partial charge >= 0.3 is 5.91 Å². The fourth-order valence-electron chi connectivity index (χ4n) is 3.10. The van der Waals surface area contributed by atoms with E-state index in [9.17, 15) is 9.59 Å². The van der Waals surface area contributed by atoms with Crippen molar-refractivity contribution in [2.24, 2.45) is 4.99 Å². The third-order valence-corrected chi connectivity index (χ3v) is 5.82. The number of aliphatic imine (C=N–C) groups is 1. The average Bonchev–Trinajstić information content (AvgIpc) is 3.16. The first-order valence-electron chi connectivity index (χ1n) is 8.74. The maximum absolute atomic E-state index is 12.8. The number of carbonyl (C=O) groups is 2. The third kappa shape index (κ3) is 3.64. The normalized spacial score (nSPS) is 19.1. The average molecular weight is 386 g/mol. The maximum Gasteiger partial charge on any atom is 0.362 e. The van der Waals surface area contributed by atoms with Crippen LogP contribution in [0.25, 0.3) is 10.4 Å². The molecule has 1 atom stereocenters. The van der Waals surface area contributed by atoms with Crippen LogP contribution in [0.1, 0.15) is 9.67 Å². The lowest BCUT2D eigenvalue weighted by Crippen LogP contribution is -3.15. The molecule has 0 aliphatic carbocycles. The number of rotatable bonds is 4. The van der Waals surface area contributed by atoms with Crippen LogP contribution >= 0.6 is 11.3 Å². The lowest BCUT2D eigenvalue weighted by Gasteiger charge is -2.27. The van der Waals surface area contributed by atoms with Gasteiger partial charge < -0.3 is 14.4 Å². The first kappa shape index (κ1) is 17.8. The number of nitrogens with one attached hydrogen (secondary N) is 1. The van der Waals surface area contributed by atoms with Crippen LogP contribution in [-0.4, -0.2) is 63.0 Å². The topological polar surface area (TPSA) is 72.6 Å². The van der Waals surface area contributed by atoms with Crippen LogP contribution in [0, 0.1) is 0 Å². The quantitative estimate of drug-likeness (QED) is 0.850. The van der Waals surface area contributed by atoms with Gasteiger partial charge in [-0.05, 0) is 35.9 Å².